The molecule has 0 radical (unpaired) electrons. The lowest BCUT2D eigenvalue weighted by Crippen LogP contribution is -2.42. The highest BCUT2D eigenvalue weighted by Gasteiger charge is 2.29. The summed E-state index contributed by atoms with van der Waals surface area (Å²) in [6.45, 7) is 0.838. The van der Waals surface area contributed by atoms with Crippen molar-refractivity contribution in [1.29, 1.82) is 0 Å². The Hall–Kier alpha value is -3.22. The number of carbonyl (C=O) groups excluding carboxylic acids is 3. The van der Waals surface area contributed by atoms with Gasteiger partial charge in [-0.05, 0) is 43.2 Å². The molecule has 3 N–H and O–H groups in total. The number of nitrogens with one attached hydrogen (secondary N) is 1. The maximum absolute atomic E-state index is 12.9. The molecule has 0 unspecified atom stereocenters. The van der Waals surface area contributed by atoms with Crippen LogP contribution >= 0.6 is 0 Å². The molecule has 0 saturated carbocycles. The predicted octanol–water partition coefficient (Wildman–Crippen LogP) is 3.05. The molecule has 3 amide bonds. The van der Waals surface area contributed by atoms with Crippen molar-refractivity contribution >= 4 is 23.4 Å². The van der Waals surface area contributed by atoms with Crippen molar-refractivity contribution in [3.05, 3.63) is 65.5 Å². The number of amides is 3. The molecule has 1 fully saturated rings. The molecule has 0 bridgehead atoms. The van der Waals surface area contributed by atoms with Crippen molar-refractivity contribution in [3.63, 3.8) is 0 Å². The Morgan fingerprint density at radius 3 is 2.15 bits per heavy atom. The summed E-state index contributed by atoms with van der Waals surface area (Å²) in [4.78, 5) is 38.2. The number of rotatable bonds is 4. The first-order valence-corrected chi connectivity index (χ1v) is 8.70. The van der Waals surface area contributed by atoms with E-state index in [1.54, 1.807) is 29.2 Å². The molecule has 2 aromatic carbocycles. The smallest absolute Gasteiger partial charge is 0.321 e. The largest absolute Gasteiger partial charge is 0.366 e. The van der Waals surface area contributed by atoms with Crippen LogP contribution in [-0.2, 0) is 0 Å². The topological polar surface area (TPSA) is 92.5 Å². The van der Waals surface area contributed by atoms with Crippen molar-refractivity contribution in [3.8, 4) is 0 Å². The number of carbonyl (C=O) groups is 3. The second kappa shape index (κ2) is 7.99. The van der Waals surface area contributed by atoms with Crippen LogP contribution in [0.5, 0.6) is 0 Å². The van der Waals surface area contributed by atoms with Gasteiger partial charge in [-0.15, -0.1) is 0 Å². The van der Waals surface area contributed by atoms with Gasteiger partial charge >= 0.3 is 6.03 Å². The van der Waals surface area contributed by atoms with Gasteiger partial charge in [-0.1, -0.05) is 18.2 Å². The lowest BCUT2D eigenvalue weighted by molar-refractivity contribution is 0.0852. The monoisotopic (exact) mass is 369 g/mol. The van der Waals surface area contributed by atoms with Crippen LogP contribution in [-0.4, -0.2) is 35.7 Å². The molecule has 3 rings (SSSR count). The fourth-order valence-corrected chi connectivity index (χ4v) is 3.21. The Balaban J connectivity index is 1.60. The maximum Gasteiger partial charge on any atom is 0.321 e. The van der Waals surface area contributed by atoms with Crippen LogP contribution in [0.15, 0.2) is 48.5 Å². The third kappa shape index (κ3) is 4.31. The number of Topliss-reactive ketones (excluding diaryl/α,β-unsaturated/α-hetero) is 1. The van der Waals surface area contributed by atoms with Crippen LogP contribution in [0.1, 0.15) is 33.6 Å². The average molecular weight is 369 g/mol. The predicted molar refractivity (Wildman–Crippen MR) is 99.0 cm³/mol. The number of piperidine rings is 1. The Labute approximate surface area is 156 Å². The van der Waals surface area contributed by atoms with E-state index in [0.717, 1.165) is 0 Å². The van der Waals surface area contributed by atoms with Crippen molar-refractivity contribution in [1.82, 2.24) is 4.90 Å². The summed E-state index contributed by atoms with van der Waals surface area (Å²) in [6, 6.07) is 11.8. The molecule has 6 nitrogen and oxygen atoms in total. The highest BCUT2D eigenvalue weighted by Crippen LogP contribution is 2.24. The van der Waals surface area contributed by atoms with Crippen molar-refractivity contribution in [2.45, 2.75) is 12.8 Å². The molecule has 7 heteroatoms. The highest BCUT2D eigenvalue weighted by molar-refractivity contribution is 6.08. The molecule has 0 spiro atoms. The van der Waals surface area contributed by atoms with E-state index in [4.69, 9.17) is 5.73 Å². The average Bonchev–Trinajstić information content (AvgIpc) is 2.69. The molecule has 0 atom stereocenters. The lowest BCUT2D eigenvalue weighted by atomic mass is 9.87. The van der Waals surface area contributed by atoms with Gasteiger partial charge in [0.1, 0.15) is 5.82 Å². The second-order valence-corrected chi connectivity index (χ2v) is 6.47. The molecule has 1 aliphatic heterocycles. The van der Waals surface area contributed by atoms with E-state index in [0.29, 0.717) is 37.2 Å². The molecule has 1 heterocycles. The Bertz CT molecular complexity index is 859. The van der Waals surface area contributed by atoms with Gasteiger partial charge < -0.3 is 16.0 Å². The Kier molecular flexibility index (Phi) is 5.49. The summed E-state index contributed by atoms with van der Waals surface area (Å²) in [7, 11) is 0. The van der Waals surface area contributed by atoms with Gasteiger partial charge in [-0.3, -0.25) is 9.59 Å². The molecule has 1 saturated heterocycles. The minimum atomic E-state index is -0.630. The number of primary amides is 1. The number of urea groups is 1. The van der Waals surface area contributed by atoms with E-state index in [1.807, 2.05) is 0 Å². The SMILES string of the molecule is NC(=O)c1ccccc1C(=O)C1CCN(C(=O)Nc2ccc(F)cc2)CC1. The van der Waals surface area contributed by atoms with E-state index >= 15 is 0 Å². The number of hydrogen-bond donors (Lipinski definition) is 2. The molecular formula is C20H20FN3O3. The summed E-state index contributed by atoms with van der Waals surface area (Å²) < 4.78 is 12.9. The first-order chi connectivity index (χ1) is 13.0. The van der Waals surface area contributed by atoms with Gasteiger partial charge in [0.05, 0.1) is 0 Å². The summed E-state index contributed by atoms with van der Waals surface area (Å²) in [6.07, 6.45) is 1.01. The lowest BCUT2D eigenvalue weighted by Gasteiger charge is -2.31. The van der Waals surface area contributed by atoms with Gasteiger partial charge in [0, 0.05) is 35.8 Å². The molecule has 140 valence electrons. The van der Waals surface area contributed by atoms with E-state index in [1.165, 1.54) is 24.3 Å². The first kappa shape index (κ1) is 18.6. The quantitative estimate of drug-likeness (QED) is 0.811. The zero-order valence-electron chi connectivity index (χ0n) is 14.7. The van der Waals surface area contributed by atoms with Crippen LogP contribution in [0.4, 0.5) is 14.9 Å². The van der Waals surface area contributed by atoms with Crippen molar-refractivity contribution in [2.24, 2.45) is 11.7 Å². The molecule has 2 aromatic rings. The molecule has 0 aromatic heterocycles. The highest BCUT2D eigenvalue weighted by atomic mass is 19.1. The second-order valence-electron chi connectivity index (χ2n) is 6.47. The normalized spacial score (nSPS) is 14.6. The van der Waals surface area contributed by atoms with Crippen LogP contribution in [0.3, 0.4) is 0 Å². The van der Waals surface area contributed by atoms with Crippen LogP contribution in [0.25, 0.3) is 0 Å². The number of nitrogens with zero attached hydrogens (tertiary/aromatic N) is 1. The van der Waals surface area contributed by atoms with Gasteiger partial charge in [-0.25, -0.2) is 9.18 Å². The minimum absolute atomic E-state index is 0.122. The fraction of sp³-hybridized carbons (Fsp3) is 0.250. The van der Waals surface area contributed by atoms with E-state index < -0.39 is 5.91 Å². The zero-order valence-corrected chi connectivity index (χ0v) is 14.7. The van der Waals surface area contributed by atoms with E-state index in [-0.39, 0.29) is 29.1 Å². The Morgan fingerprint density at radius 1 is 0.963 bits per heavy atom. The van der Waals surface area contributed by atoms with Gasteiger partial charge in [0.15, 0.2) is 5.78 Å². The minimum Gasteiger partial charge on any atom is -0.366 e. The number of anilines is 1. The fourth-order valence-electron chi connectivity index (χ4n) is 3.21. The third-order valence-corrected chi connectivity index (χ3v) is 4.71. The zero-order chi connectivity index (χ0) is 19.4. The van der Waals surface area contributed by atoms with Gasteiger partial charge in [-0.2, -0.15) is 0 Å². The number of benzene rings is 2. The third-order valence-electron chi connectivity index (χ3n) is 4.71. The molecular weight excluding hydrogens is 349 g/mol. The number of halogens is 1. The van der Waals surface area contributed by atoms with Crippen LogP contribution < -0.4 is 11.1 Å². The number of nitrogens with two attached hydrogens (primary N) is 1. The van der Waals surface area contributed by atoms with E-state index in [9.17, 15) is 18.8 Å². The molecule has 1 aliphatic rings. The van der Waals surface area contributed by atoms with Crippen molar-refractivity contribution < 1.29 is 18.8 Å². The maximum atomic E-state index is 12.9. The molecule has 27 heavy (non-hydrogen) atoms. The number of likely N-dealkylation sites (tertiary alicyclic amines) is 1. The molecule has 0 aliphatic carbocycles. The van der Waals surface area contributed by atoms with Gasteiger partial charge in [0.25, 0.3) is 0 Å². The summed E-state index contributed by atoms with van der Waals surface area (Å²) in [5.74, 6) is -1.39. The van der Waals surface area contributed by atoms with Crippen LogP contribution in [0, 0.1) is 11.7 Å². The summed E-state index contributed by atoms with van der Waals surface area (Å²) >= 11 is 0. The summed E-state index contributed by atoms with van der Waals surface area (Å²) in [5.41, 5.74) is 6.41. The Morgan fingerprint density at radius 2 is 1.56 bits per heavy atom. The van der Waals surface area contributed by atoms with Gasteiger partial charge in [0.2, 0.25) is 5.91 Å². The summed E-state index contributed by atoms with van der Waals surface area (Å²) in [5, 5.41) is 2.71. The van der Waals surface area contributed by atoms with E-state index in [2.05, 4.69) is 5.32 Å². The van der Waals surface area contributed by atoms with Crippen molar-refractivity contribution in [2.75, 3.05) is 18.4 Å². The number of hydrogen-bond acceptors (Lipinski definition) is 3. The standard InChI is InChI=1S/C20H20FN3O3/c21-14-5-7-15(8-6-14)23-20(27)24-11-9-13(10-12-24)18(25)16-3-1-2-4-17(16)19(22)26/h1-8,13H,9-12H2,(H2,22,26)(H,23,27). The van der Waals surface area contributed by atoms with Crippen LogP contribution in [0.2, 0.25) is 0 Å². The number of ketones is 1. The first-order valence-electron chi connectivity index (χ1n) is 8.70.